The molecule has 0 aliphatic carbocycles. The molecule has 6 heteroatoms. The largest absolute Gasteiger partial charge is 0.417 e. The zero-order valence-electron chi connectivity index (χ0n) is 11.3. The van der Waals surface area contributed by atoms with E-state index < -0.39 is 11.7 Å². The summed E-state index contributed by atoms with van der Waals surface area (Å²) in [4.78, 5) is 3.79. The van der Waals surface area contributed by atoms with Crippen LogP contribution in [-0.4, -0.2) is 17.6 Å². The molecule has 2 rings (SSSR count). The lowest BCUT2D eigenvalue weighted by Gasteiger charge is -2.18. The van der Waals surface area contributed by atoms with Crippen molar-refractivity contribution in [1.82, 2.24) is 4.98 Å². The number of nitrogens with zero attached hydrogens (tertiary/aromatic N) is 1. The number of alkyl halides is 3. The quantitative estimate of drug-likeness (QED) is 0.891. The smallest absolute Gasteiger partial charge is 0.366 e. The Bertz CT molecular complexity index is 553. The van der Waals surface area contributed by atoms with Crippen LogP contribution in [0.2, 0.25) is 0 Å². The number of nitrogens with one attached hydrogen (secondary N) is 1. The summed E-state index contributed by atoms with van der Waals surface area (Å²) >= 11 is 0. The van der Waals surface area contributed by atoms with Crippen molar-refractivity contribution >= 4 is 5.82 Å². The van der Waals surface area contributed by atoms with Gasteiger partial charge in [-0.2, -0.15) is 13.2 Å². The third-order valence-corrected chi connectivity index (χ3v) is 3.05. The molecular formula is C15H16F3N3. The minimum absolute atomic E-state index is 0.0864. The van der Waals surface area contributed by atoms with Crippen LogP contribution >= 0.6 is 0 Å². The molecule has 3 nitrogen and oxygen atoms in total. The molecule has 112 valence electrons. The molecular weight excluding hydrogens is 279 g/mol. The fraction of sp³-hybridized carbons (Fsp3) is 0.267. The average Bonchev–Trinajstić information content (AvgIpc) is 2.47. The van der Waals surface area contributed by atoms with Gasteiger partial charge in [0.2, 0.25) is 0 Å². The van der Waals surface area contributed by atoms with E-state index in [9.17, 15) is 13.2 Å². The van der Waals surface area contributed by atoms with E-state index in [0.29, 0.717) is 18.8 Å². The fourth-order valence-corrected chi connectivity index (χ4v) is 1.95. The van der Waals surface area contributed by atoms with E-state index in [2.05, 4.69) is 10.3 Å². The molecule has 0 aliphatic heterocycles. The van der Waals surface area contributed by atoms with E-state index in [-0.39, 0.29) is 6.04 Å². The Hall–Kier alpha value is -2.08. The van der Waals surface area contributed by atoms with Gasteiger partial charge in [0.25, 0.3) is 0 Å². The second-order valence-corrected chi connectivity index (χ2v) is 4.70. The molecule has 1 atom stereocenters. The van der Waals surface area contributed by atoms with Crippen molar-refractivity contribution in [3.63, 3.8) is 0 Å². The minimum Gasteiger partial charge on any atom is -0.366 e. The average molecular weight is 295 g/mol. The molecule has 1 heterocycles. The van der Waals surface area contributed by atoms with Crippen LogP contribution in [0.5, 0.6) is 0 Å². The van der Waals surface area contributed by atoms with E-state index in [1.165, 1.54) is 6.07 Å². The second-order valence-electron chi connectivity index (χ2n) is 4.70. The molecule has 0 aliphatic rings. The van der Waals surface area contributed by atoms with Crippen LogP contribution in [-0.2, 0) is 12.6 Å². The normalized spacial score (nSPS) is 13.0. The van der Waals surface area contributed by atoms with E-state index >= 15 is 0 Å². The van der Waals surface area contributed by atoms with Gasteiger partial charge in [0, 0.05) is 18.8 Å². The minimum atomic E-state index is -4.37. The Balaban J connectivity index is 2.02. The van der Waals surface area contributed by atoms with Crippen LogP contribution in [0.25, 0.3) is 0 Å². The summed E-state index contributed by atoms with van der Waals surface area (Å²) in [5.41, 5.74) is 6.04. The molecule has 1 aromatic heterocycles. The maximum Gasteiger partial charge on any atom is 0.417 e. The van der Waals surface area contributed by atoms with E-state index in [0.717, 1.165) is 17.8 Å². The Labute approximate surface area is 121 Å². The molecule has 0 saturated carbocycles. The summed E-state index contributed by atoms with van der Waals surface area (Å²) in [6, 6.07) is 12.0. The maximum atomic E-state index is 12.5. The Morgan fingerprint density at radius 1 is 1.10 bits per heavy atom. The van der Waals surface area contributed by atoms with Crippen molar-refractivity contribution in [2.75, 3.05) is 11.9 Å². The highest BCUT2D eigenvalue weighted by molar-refractivity contribution is 5.38. The van der Waals surface area contributed by atoms with Crippen LogP contribution in [0.3, 0.4) is 0 Å². The maximum absolute atomic E-state index is 12.5. The molecule has 2 aromatic rings. The van der Waals surface area contributed by atoms with Crippen molar-refractivity contribution in [2.24, 2.45) is 5.73 Å². The number of rotatable bonds is 5. The summed E-state index contributed by atoms with van der Waals surface area (Å²) in [7, 11) is 0. The van der Waals surface area contributed by atoms with Crippen molar-refractivity contribution < 1.29 is 13.2 Å². The number of anilines is 1. The first-order valence-electron chi connectivity index (χ1n) is 6.53. The summed E-state index contributed by atoms with van der Waals surface area (Å²) in [6.07, 6.45) is -2.87. The van der Waals surface area contributed by atoms with Crippen molar-refractivity contribution in [1.29, 1.82) is 0 Å². The molecule has 0 spiro atoms. The molecule has 0 saturated heterocycles. The topological polar surface area (TPSA) is 50.9 Å². The van der Waals surface area contributed by atoms with Gasteiger partial charge in [0.1, 0.15) is 5.82 Å². The summed E-state index contributed by atoms with van der Waals surface area (Å²) in [6.45, 7) is 0.359. The number of hydrogen-bond donors (Lipinski definition) is 2. The summed E-state index contributed by atoms with van der Waals surface area (Å²) in [5.74, 6) is 0.384. The van der Waals surface area contributed by atoms with Gasteiger partial charge in [0.05, 0.1) is 5.56 Å². The standard InChI is InChI=1S/C15H16F3N3/c16-15(17,18)12-6-7-14(20-10-12)21-13(9-19)8-11-4-2-1-3-5-11/h1-7,10,13H,8-9,19H2,(H,20,21). The molecule has 0 fully saturated rings. The van der Waals surface area contributed by atoms with Crippen LogP contribution in [0.1, 0.15) is 11.1 Å². The first kappa shape index (κ1) is 15.3. The summed E-state index contributed by atoms with van der Waals surface area (Å²) < 4.78 is 37.4. The predicted molar refractivity (Wildman–Crippen MR) is 75.9 cm³/mol. The molecule has 0 amide bonds. The number of aromatic nitrogens is 1. The van der Waals surface area contributed by atoms with Gasteiger partial charge < -0.3 is 11.1 Å². The third-order valence-electron chi connectivity index (χ3n) is 3.05. The van der Waals surface area contributed by atoms with Crippen molar-refractivity contribution in [3.05, 3.63) is 59.8 Å². The molecule has 21 heavy (non-hydrogen) atoms. The van der Waals surface area contributed by atoms with Gasteiger partial charge in [-0.25, -0.2) is 4.98 Å². The van der Waals surface area contributed by atoms with Crippen molar-refractivity contribution in [2.45, 2.75) is 18.6 Å². The second kappa shape index (κ2) is 6.58. The molecule has 0 radical (unpaired) electrons. The SMILES string of the molecule is NCC(Cc1ccccc1)Nc1ccc(C(F)(F)F)cn1. The van der Waals surface area contributed by atoms with E-state index in [1.807, 2.05) is 30.3 Å². The fourth-order valence-electron chi connectivity index (χ4n) is 1.95. The Morgan fingerprint density at radius 2 is 1.81 bits per heavy atom. The zero-order chi connectivity index (χ0) is 15.3. The first-order chi connectivity index (χ1) is 9.99. The van der Waals surface area contributed by atoms with Gasteiger partial charge in [-0.3, -0.25) is 0 Å². The van der Waals surface area contributed by atoms with E-state index in [1.54, 1.807) is 0 Å². The van der Waals surface area contributed by atoms with Crippen LogP contribution < -0.4 is 11.1 Å². The van der Waals surface area contributed by atoms with Crippen molar-refractivity contribution in [3.8, 4) is 0 Å². The number of hydrogen-bond acceptors (Lipinski definition) is 3. The highest BCUT2D eigenvalue weighted by Gasteiger charge is 2.30. The van der Waals surface area contributed by atoms with Gasteiger partial charge in [-0.15, -0.1) is 0 Å². The van der Waals surface area contributed by atoms with Crippen LogP contribution in [0, 0.1) is 0 Å². The van der Waals surface area contributed by atoms with Gasteiger partial charge >= 0.3 is 6.18 Å². The highest BCUT2D eigenvalue weighted by atomic mass is 19.4. The monoisotopic (exact) mass is 295 g/mol. The lowest BCUT2D eigenvalue weighted by molar-refractivity contribution is -0.137. The molecule has 1 aromatic carbocycles. The van der Waals surface area contributed by atoms with Gasteiger partial charge in [0.15, 0.2) is 0 Å². The lowest BCUT2D eigenvalue weighted by atomic mass is 10.1. The predicted octanol–water partition coefficient (Wildman–Crippen LogP) is 3.08. The Kier molecular flexibility index (Phi) is 4.80. The highest BCUT2D eigenvalue weighted by Crippen LogP contribution is 2.28. The number of pyridine rings is 1. The first-order valence-corrected chi connectivity index (χ1v) is 6.53. The van der Waals surface area contributed by atoms with Crippen LogP contribution in [0.4, 0.5) is 19.0 Å². The number of halogens is 3. The number of nitrogens with two attached hydrogens (primary N) is 1. The van der Waals surface area contributed by atoms with Crippen LogP contribution in [0.15, 0.2) is 48.7 Å². The lowest BCUT2D eigenvalue weighted by Crippen LogP contribution is -2.31. The van der Waals surface area contributed by atoms with Gasteiger partial charge in [-0.05, 0) is 24.1 Å². The molecule has 1 unspecified atom stereocenters. The molecule has 3 N–H and O–H groups in total. The number of benzene rings is 1. The third kappa shape index (κ3) is 4.46. The Morgan fingerprint density at radius 3 is 2.33 bits per heavy atom. The van der Waals surface area contributed by atoms with Gasteiger partial charge in [-0.1, -0.05) is 30.3 Å². The van der Waals surface area contributed by atoms with E-state index in [4.69, 9.17) is 5.73 Å². The summed E-state index contributed by atoms with van der Waals surface area (Å²) in [5, 5.41) is 3.05. The zero-order valence-corrected chi connectivity index (χ0v) is 11.3. The molecule has 0 bridgehead atoms.